The van der Waals surface area contributed by atoms with Crippen molar-refractivity contribution in [2.24, 2.45) is 0 Å². The molecule has 0 saturated heterocycles. The van der Waals surface area contributed by atoms with Gasteiger partial charge in [0.05, 0.1) is 33.1 Å². The van der Waals surface area contributed by atoms with Crippen LogP contribution in [0.3, 0.4) is 0 Å². The van der Waals surface area contributed by atoms with Crippen molar-refractivity contribution in [1.82, 2.24) is 9.80 Å². The maximum atomic E-state index is 13.5. The van der Waals surface area contributed by atoms with Gasteiger partial charge in [0.25, 0.3) is 0 Å². The Morgan fingerprint density at radius 1 is 0.917 bits per heavy atom. The molecule has 8 nitrogen and oxygen atoms in total. The topological polar surface area (TPSA) is 80.3 Å². The van der Waals surface area contributed by atoms with Gasteiger partial charge in [-0.05, 0) is 36.8 Å². The summed E-state index contributed by atoms with van der Waals surface area (Å²) in [5.74, 6) is 0.911. The van der Waals surface area contributed by atoms with E-state index in [0.717, 1.165) is 10.4 Å². The molecule has 0 saturated carbocycles. The number of anilines is 1. The van der Waals surface area contributed by atoms with Crippen LogP contribution in [-0.2, 0) is 22.6 Å². The highest BCUT2D eigenvalue weighted by molar-refractivity contribution is 7.11. The van der Waals surface area contributed by atoms with Gasteiger partial charge in [0, 0.05) is 36.0 Å². The molecule has 0 aliphatic heterocycles. The highest BCUT2D eigenvalue weighted by Crippen LogP contribution is 2.29. The van der Waals surface area contributed by atoms with Gasteiger partial charge in [0.15, 0.2) is 0 Å². The number of urea groups is 1. The van der Waals surface area contributed by atoms with Gasteiger partial charge in [-0.25, -0.2) is 4.79 Å². The number of carbonyl (C=O) groups is 2. The van der Waals surface area contributed by atoms with Crippen molar-refractivity contribution < 1.29 is 23.8 Å². The maximum Gasteiger partial charge on any atom is 0.322 e. The molecule has 3 rings (SSSR count). The van der Waals surface area contributed by atoms with E-state index < -0.39 is 6.03 Å². The van der Waals surface area contributed by atoms with Crippen molar-refractivity contribution in [2.45, 2.75) is 20.0 Å². The van der Waals surface area contributed by atoms with E-state index in [4.69, 9.17) is 14.2 Å². The fourth-order valence-corrected chi connectivity index (χ4v) is 4.51. The number of thiophene rings is 1. The van der Waals surface area contributed by atoms with Crippen molar-refractivity contribution in [3.05, 3.63) is 76.0 Å². The van der Waals surface area contributed by atoms with Gasteiger partial charge in [0.2, 0.25) is 5.91 Å². The fraction of sp³-hybridized carbons (Fsp3) is 0.333. The number of aryl methyl sites for hydroxylation is 1. The van der Waals surface area contributed by atoms with Crippen LogP contribution in [0.5, 0.6) is 11.5 Å². The molecule has 0 aliphatic rings. The Kier molecular flexibility index (Phi) is 10.1. The summed E-state index contributed by atoms with van der Waals surface area (Å²) in [5.41, 5.74) is 1.50. The van der Waals surface area contributed by atoms with E-state index in [1.54, 1.807) is 48.7 Å². The third kappa shape index (κ3) is 7.73. The zero-order valence-corrected chi connectivity index (χ0v) is 22.0. The third-order valence-corrected chi connectivity index (χ3v) is 6.53. The van der Waals surface area contributed by atoms with Crippen LogP contribution in [-0.4, -0.2) is 62.8 Å². The summed E-state index contributed by atoms with van der Waals surface area (Å²) in [6.45, 7) is 3.42. The van der Waals surface area contributed by atoms with E-state index in [1.165, 1.54) is 16.9 Å². The largest absolute Gasteiger partial charge is 0.497 e. The summed E-state index contributed by atoms with van der Waals surface area (Å²) in [7, 11) is 4.64. The van der Waals surface area contributed by atoms with E-state index in [1.807, 2.05) is 49.4 Å². The number of amides is 3. The Bertz CT molecular complexity index is 1140. The van der Waals surface area contributed by atoms with Crippen LogP contribution in [0.25, 0.3) is 0 Å². The summed E-state index contributed by atoms with van der Waals surface area (Å²) < 4.78 is 15.8. The highest BCUT2D eigenvalue weighted by Gasteiger charge is 2.23. The molecule has 0 radical (unpaired) electrons. The zero-order chi connectivity index (χ0) is 25.9. The average molecular weight is 512 g/mol. The SMILES string of the molecule is COCCN(CC(=O)N(Cc1ccccc1)Cc1ccc(C)s1)C(=O)Nc1ccc(OC)cc1OC. The summed E-state index contributed by atoms with van der Waals surface area (Å²) in [4.78, 5) is 32.3. The molecule has 3 aromatic rings. The minimum Gasteiger partial charge on any atom is -0.497 e. The van der Waals surface area contributed by atoms with Crippen molar-refractivity contribution in [3.63, 3.8) is 0 Å². The van der Waals surface area contributed by atoms with E-state index in [-0.39, 0.29) is 19.0 Å². The molecule has 0 fully saturated rings. The van der Waals surface area contributed by atoms with Gasteiger partial charge in [-0.2, -0.15) is 0 Å². The maximum absolute atomic E-state index is 13.5. The number of nitrogens with zero attached hydrogens (tertiary/aromatic N) is 2. The van der Waals surface area contributed by atoms with Crippen LogP contribution in [0.1, 0.15) is 15.3 Å². The Morgan fingerprint density at radius 2 is 1.69 bits per heavy atom. The zero-order valence-electron chi connectivity index (χ0n) is 21.2. The Balaban J connectivity index is 1.78. The molecular formula is C27H33N3O5S. The van der Waals surface area contributed by atoms with Crippen LogP contribution >= 0.6 is 11.3 Å². The molecule has 1 aromatic heterocycles. The van der Waals surface area contributed by atoms with E-state index >= 15 is 0 Å². The quantitative estimate of drug-likeness (QED) is 0.378. The lowest BCUT2D eigenvalue weighted by Crippen LogP contribution is -2.45. The van der Waals surface area contributed by atoms with E-state index in [2.05, 4.69) is 5.32 Å². The molecule has 36 heavy (non-hydrogen) atoms. The minimum atomic E-state index is -0.421. The second-order valence-corrected chi connectivity index (χ2v) is 9.53. The average Bonchev–Trinajstić information content (AvgIpc) is 3.31. The predicted molar refractivity (Wildman–Crippen MR) is 142 cm³/mol. The summed E-state index contributed by atoms with van der Waals surface area (Å²) in [6, 6.07) is 18.6. The van der Waals surface area contributed by atoms with Crippen molar-refractivity contribution in [2.75, 3.05) is 46.3 Å². The second kappa shape index (κ2) is 13.5. The second-order valence-electron chi connectivity index (χ2n) is 8.16. The molecular weight excluding hydrogens is 478 g/mol. The van der Waals surface area contributed by atoms with Gasteiger partial charge in [-0.3, -0.25) is 4.79 Å². The summed E-state index contributed by atoms with van der Waals surface area (Å²) in [6.07, 6.45) is 0. The number of methoxy groups -OCH3 is 3. The lowest BCUT2D eigenvalue weighted by atomic mass is 10.2. The first kappa shape index (κ1) is 27.0. The third-order valence-electron chi connectivity index (χ3n) is 5.54. The number of hydrogen-bond donors (Lipinski definition) is 1. The number of ether oxygens (including phenoxy) is 3. The highest BCUT2D eigenvalue weighted by atomic mass is 32.1. The molecule has 1 heterocycles. The number of nitrogens with one attached hydrogen (secondary N) is 1. The number of benzene rings is 2. The van der Waals surface area contributed by atoms with Crippen molar-refractivity contribution >= 4 is 29.0 Å². The predicted octanol–water partition coefficient (Wildman–Crippen LogP) is 4.78. The Labute approximate surface area is 216 Å². The number of rotatable bonds is 12. The number of carbonyl (C=O) groups excluding carboxylic acids is 2. The molecule has 192 valence electrons. The standard InChI is InChI=1S/C27H33N3O5S/c1-20-10-12-23(36-20)18-30(17-21-8-6-5-7-9-21)26(31)19-29(14-15-33-2)27(32)28-24-13-11-22(34-3)16-25(24)35-4/h5-13,16H,14-15,17-19H2,1-4H3,(H,28,32). The molecule has 0 spiro atoms. The molecule has 0 bridgehead atoms. The van der Waals surface area contributed by atoms with Crippen molar-refractivity contribution in [3.8, 4) is 11.5 Å². The van der Waals surface area contributed by atoms with E-state index in [9.17, 15) is 9.59 Å². The monoisotopic (exact) mass is 511 g/mol. The van der Waals surface area contributed by atoms with Crippen LogP contribution in [0, 0.1) is 6.92 Å². The van der Waals surface area contributed by atoms with Gasteiger partial charge in [0.1, 0.15) is 18.0 Å². The molecule has 0 unspecified atom stereocenters. The molecule has 0 atom stereocenters. The summed E-state index contributed by atoms with van der Waals surface area (Å²) in [5, 5.41) is 2.85. The smallest absolute Gasteiger partial charge is 0.322 e. The Hall–Kier alpha value is -3.56. The first-order valence-electron chi connectivity index (χ1n) is 11.6. The van der Waals surface area contributed by atoms with Crippen LogP contribution in [0.4, 0.5) is 10.5 Å². The Morgan fingerprint density at radius 3 is 2.33 bits per heavy atom. The normalized spacial score (nSPS) is 10.6. The number of hydrogen-bond acceptors (Lipinski definition) is 6. The van der Waals surface area contributed by atoms with Crippen LogP contribution in [0.15, 0.2) is 60.7 Å². The lowest BCUT2D eigenvalue weighted by Gasteiger charge is -2.28. The fourth-order valence-electron chi connectivity index (χ4n) is 3.61. The molecule has 1 N–H and O–H groups in total. The first-order chi connectivity index (χ1) is 17.4. The van der Waals surface area contributed by atoms with Gasteiger partial charge in [-0.15, -0.1) is 11.3 Å². The first-order valence-corrected chi connectivity index (χ1v) is 12.4. The van der Waals surface area contributed by atoms with Gasteiger partial charge < -0.3 is 29.3 Å². The van der Waals surface area contributed by atoms with Crippen LogP contribution in [0.2, 0.25) is 0 Å². The molecule has 2 aromatic carbocycles. The lowest BCUT2D eigenvalue weighted by molar-refractivity contribution is -0.133. The van der Waals surface area contributed by atoms with Gasteiger partial charge in [-0.1, -0.05) is 30.3 Å². The van der Waals surface area contributed by atoms with Gasteiger partial charge >= 0.3 is 6.03 Å². The van der Waals surface area contributed by atoms with Crippen molar-refractivity contribution in [1.29, 1.82) is 0 Å². The molecule has 0 aliphatic carbocycles. The van der Waals surface area contributed by atoms with E-state index in [0.29, 0.717) is 36.9 Å². The molecule has 3 amide bonds. The summed E-state index contributed by atoms with van der Waals surface area (Å²) >= 11 is 1.66. The molecule has 9 heteroatoms. The minimum absolute atomic E-state index is 0.0924. The van der Waals surface area contributed by atoms with Crippen LogP contribution < -0.4 is 14.8 Å².